The molecule has 0 aliphatic rings. The first-order valence-corrected chi connectivity index (χ1v) is 5.04. The minimum Gasteiger partial charge on any atom is -0.507 e. The van der Waals surface area contributed by atoms with E-state index in [-0.39, 0.29) is 16.7 Å². The molecule has 0 saturated heterocycles. The molecular weight excluding hydrogens is 206 g/mol. The Balaban J connectivity index is 3.22. The second-order valence-electron chi connectivity index (χ2n) is 4.31. The second kappa shape index (κ2) is 4.53. The number of carbonyl (C=O) groups excluding carboxylic acids is 1. The van der Waals surface area contributed by atoms with Crippen LogP contribution in [0.3, 0.4) is 0 Å². The summed E-state index contributed by atoms with van der Waals surface area (Å²) in [5.74, 6) is -0.629. The number of nitrogens with two attached hydrogens (primary N) is 1. The van der Waals surface area contributed by atoms with Crippen molar-refractivity contribution in [3.05, 3.63) is 29.3 Å². The number of ether oxygens (including phenoxy) is 1. The average molecular weight is 223 g/mol. The van der Waals surface area contributed by atoms with Crippen LogP contribution in [0.15, 0.2) is 18.2 Å². The Hall–Kier alpha value is -1.55. The van der Waals surface area contributed by atoms with Gasteiger partial charge < -0.3 is 15.6 Å². The van der Waals surface area contributed by atoms with Crippen molar-refractivity contribution < 1.29 is 14.6 Å². The smallest absolute Gasteiger partial charge is 0.341 e. The van der Waals surface area contributed by atoms with Crippen LogP contribution in [0.4, 0.5) is 0 Å². The molecule has 4 nitrogen and oxygen atoms in total. The summed E-state index contributed by atoms with van der Waals surface area (Å²) < 4.78 is 4.59. The summed E-state index contributed by atoms with van der Waals surface area (Å²) in [7, 11) is 1.28. The molecule has 88 valence electrons. The van der Waals surface area contributed by atoms with E-state index in [0.29, 0.717) is 6.54 Å². The molecule has 0 unspecified atom stereocenters. The van der Waals surface area contributed by atoms with Gasteiger partial charge in [0.2, 0.25) is 0 Å². The Morgan fingerprint density at radius 3 is 2.62 bits per heavy atom. The van der Waals surface area contributed by atoms with Crippen LogP contribution in [-0.2, 0) is 10.2 Å². The monoisotopic (exact) mass is 223 g/mol. The quantitative estimate of drug-likeness (QED) is 0.760. The van der Waals surface area contributed by atoms with Gasteiger partial charge in [-0.3, -0.25) is 0 Å². The van der Waals surface area contributed by atoms with E-state index in [9.17, 15) is 9.90 Å². The Labute approximate surface area is 95.0 Å². The van der Waals surface area contributed by atoms with Crippen molar-refractivity contribution in [3.63, 3.8) is 0 Å². The van der Waals surface area contributed by atoms with Gasteiger partial charge in [0.05, 0.1) is 7.11 Å². The predicted molar refractivity (Wildman–Crippen MR) is 61.5 cm³/mol. The minimum absolute atomic E-state index is 0.0802. The molecule has 1 rings (SSSR count). The molecule has 0 aromatic heterocycles. The summed E-state index contributed by atoms with van der Waals surface area (Å²) in [5, 5.41) is 9.54. The number of hydrogen-bond acceptors (Lipinski definition) is 4. The summed E-state index contributed by atoms with van der Waals surface area (Å²) in [5.41, 5.74) is 6.48. The van der Waals surface area contributed by atoms with Gasteiger partial charge in [-0.05, 0) is 17.7 Å². The molecule has 0 aliphatic carbocycles. The van der Waals surface area contributed by atoms with E-state index in [1.807, 2.05) is 13.8 Å². The molecule has 0 bridgehead atoms. The van der Waals surface area contributed by atoms with E-state index in [4.69, 9.17) is 5.73 Å². The summed E-state index contributed by atoms with van der Waals surface area (Å²) in [6.45, 7) is 4.40. The lowest BCUT2D eigenvalue weighted by Gasteiger charge is -2.23. The highest BCUT2D eigenvalue weighted by atomic mass is 16.5. The summed E-state index contributed by atoms with van der Waals surface area (Å²) in [6, 6.07) is 4.86. The van der Waals surface area contributed by atoms with Gasteiger partial charge in [-0.25, -0.2) is 4.79 Å². The van der Waals surface area contributed by atoms with E-state index < -0.39 is 5.97 Å². The third kappa shape index (κ3) is 2.33. The molecule has 3 N–H and O–H groups in total. The van der Waals surface area contributed by atoms with Crippen molar-refractivity contribution in [3.8, 4) is 5.75 Å². The van der Waals surface area contributed by atoms with Crippen LogP contribution in [0.2, 0.25) is 0 Å². The van der Waals surface area contributed by atoms with Crippen molar-refractivity contribution in [2.75, 3.05) is 13.7 Å². The zero-order valence-electron chi connectivity index (χ0n) is 9.78. The normalized spacial score (nSPS) is 11.2. The van der Waals surface area contributed by atoms with E-state index in [0.717, 1.165) is 5.56 Å². The van der Waals surface area contributed by atoms with Crippen molar-refractivity contribution in [2.45, 2.75) is 19.3 Å². The molecule has 4 heteroatoms. The highest BCUT2D eigenvalue weighted by Gasteiger charge is 2.21. The number of hydrogen-bond donors (Lipinski definition) is 2. The maximum Gasteiger partial charge on any atom is 0.341 e. The van der Waals surface area contributed by atoms with Crippen LogP contribution in [0, 0.1) is 0 Å². The van der Waals surface area contributed by atoms with Crippen LogP contribution in [0.25, 0.3) is 0 Å². The number of rotatable bonds is 3. The Kier molecular flexibility index (Phi) is 3.55. The van der Waals surface area contributed by atoms with Gasteiger partial charge >= 0.3 is 5.97 Å². The van der Waals surface area contributed by atoms with Gasteiger partial charge in [0.25, 0.3) is 0 Å². The van der Waals surface area contributed by atoms with Crippen LogP contribution < -0.4 is 5.73 Å². The first kappa shape index (κ1) is 12.5. The average Bonchev–Trinajstić information content (AvgIpc) is 2.28. The van der Waals surface area contributed by atoms with E-state index in [1.165, 1.54) is 13.2 Å². The topological polar surface area (TPSA) is 72.5 Å². The van der Waals surface area contributed by atoms with Gasteiger partial charge in [0.1, 0.15) is 11.3 Å². The van der Waals surface area contributed by atoms with Crippen molar-refractivity contribution >= 4 is 5.97 Å². The molecule has 1 aromatic rings. The number of benzene rings is 1. The Morgan fingerprint density at radius 1 is 1.50 bits per heavy atom. The molecule has 0 atom stereocenters. The predicted octanol–water partition coefficient (Wildman–Crippen LogP) is 1.42. The van der Waals surface area contributed by atoms with Gasteiger partial charge in [-0.1, -0.05) is 19.9 Å². The zero-order valence-corrected chi connectivity index (χ0v) is 9.78. The van der Waals surface area contributed by atoms with E-state index in [2.05, 4.69) is 4.74 Å². The molecule has 0 heterocycles. The molecule has 0 saturated carbocycles. The SMILES string of the molecule is COC(=O)c1cc(C(C)(C)CN)ccc1O. The van der Waals surface area contributed by atoms with E-state index in [1.54, 1.807) is 12.1 Å². The fraction of sp³-hybridized carbons (Fsp3) is 0.417. The first-order chi connectivity index (χ1) is 7.42. The standard InChI is InChI=1S/C12H17NO3/c1-12(2,7-13)8-4-5-10(14)9(6-8)11(15)16-3/h4-6,14H,7,13H2,1-3H3. The highest BCUT2D eigenvalue weighted by Crippen LogP contribution is 2.27. The third-order valence-corrected chi connectivity index (χ3v) is 2.69. The molecular formula is C12H17NO3. The summed E-state index contributed by atoms with van der Waals surface area (Å²) >= 11 is 0. The lowest BCUT2D eigenvalue weighted by Crippen LogP contribution is -2.28. The van der Waals surface area contributed by atoms with E-state index >= 15 is 0 Å². The maximum absolute atomic E-state index is 11.4. The van der Waals surface area contributed by atoms with Crippen molar-refractivity contribution in [1.29, 1.82) is 0 Å². The molecule has 0 aliphatic heterocycles. The fourth-order valence-electron chi connectivity index (χ4n) is 1.35. The highest BCUT2D eigenvalue weighted by molar-refractivity contribution is 5.92. The number of phenols is 1. The number of phenolic OH excluding ortho intramolecular Hbond substituents is 1. The fourth-order valence-corrected chi connectivity index (χ4v) is 1.35. The lowest BCUT2D eigenvalue weighted by atomic mass is 9.84. The Bertz CT molecular complexity index is 399. The van der Waals surface area contributed by atoms with Gasteiger partial charge in [-0.2, -0.15) is 0 Å². The minimum atomic E-state index is -0.549. The molecule has 0 fully saturated rings. The molecule has 1 aromatic carbocycles. The van der Waals surface area contributed by atoms with Gasteiger partial charge in [0, 0.05) is 12.0 Å². The molecule has 16 heavy (non-hydrogen) atoms. The molecule has 0 spiro atoms. The van der Waals surface area contributed by atoms with Crippen LogP contribution in [0.5, 0.6) is 5.75 Å². The zero-order chi connectivity index (χ0) is 12.3. The second-order valence-corrected chi connectivity index (χ2v) is 4.31. The number of methoxy groups -OCH3 is 1. The largest absolute Gasteiger partial charge is 0.507 e. The molecule has 0 amide bonds. The third-order valence-electron chi connectivity index (χ3n) is 2.69. The van der Waals surface area contributed by atoms with Crippen molar-refractivity contribution in [1.82, 2.24) is 0 Å². The Morgan fingerprint density at radius 2 is 2.12 bits per heavy atom. The first-order valence-electron chi connectivity index (χ1n) is 5.04. The van der Waals surface area contributed by atoms with Crippen LogP contribution in [0.1, 0.15) is 29.8 Å². The number of aromatic hydroxyl groups is 1. The maximum atomic E-state index is 11.4. The number of esters is 1. The summed E-state index contributed by atoms with van der Waals surface area (Å²) in [6.07, 6.45) is 0. The number of carbonyl (C=O) groups is 1. The van der Waals surface area contributed by atoms with Gasteiger partial charge in [0.15, 0.2) is 0 Å². The lowest BCUT2D eigenvalue weighted by molar-refractivity contribution is 0.0597. The van der Waals surface area contributed by atoms with Crippen molar-refractivity contribution in [2.24, 2.45) is 5.73 Å². The molecule has 0 radical (unpaired) electrons. The van der Waals surface area contributed by atoms with Crippen LogP contribution >= 0.6 is 0 Å². The van der Waals surface area contributed by atoms with Gasteiger partial charge in [-0.15, -0.1) is 0 Å². The summed E-state index contributed by atoms with van der Waals surface area (Å²) in [4.78, 5) is 11.4. The van der Waals surface area contributed by atoms with Crippen LogP contribution in [-0.4, -0.2) is 24.7 Å².